The second kappa shape index (κ2) is 2.49. The fourth-order valence-electron chi connectivity index (χ4n) is 0.577. The van der Waals surface area contributed by atoms with Gasteiger partial charge >= 0.3 is 5.69 Å². The summed E-state index contributed by atoms with van der Waals surface area (Å²) < 4.78 is 12.6. The van der Waals surface area contributed by atoms with Gasteiger partial charge in [0.15, 0.2) is 0 Å². The summed E-state index contributed by atoms with van der Waals surface area (Å²) >= 11 is 0. The molecule has 0 fully saturated rings. The summed E-state index contributed by atoms with van der Waals surface area (Å²) in [6, 6.07) is 0. The third-order valence-electron chi connectivity index (χ3n) is 1.09. The first kappa shape index (κ1) is 7.39. The summed E-state index contributed by atoms with van der Waals surface area (Å²) in [5, 5.41) is 10.0. The van der Waals surface area contributed by atoms with Crippen molar-refractivity contribution < 1.29 is 9.31 Å². The minimum Gasteiger partial charge on any atom is -0.395 e. The average molecular weight is 157 g/mol. The number of aromatic nitrogens is 1. The molecule has 0 unspecified atom stereocenters. The van der Waals surface area contributed by atoms with Gasteiger partial charge in [0.2, 0.25) is 5.82 Å². The minimum atomic E-state index is -1.04. The van der Waals surface area contributed by atoms with E-state index >= 15 is 0 Å². The van der Waals surface area contributed by atoms with Crippen LogP contribution in [-0.4, -0.2) is 9.91 Å². The maximum atomic E-state index is 12.6. The van der Waals surface area contributed by atoms with E-state index in [2.05, 4.69) is 4.98 Å². The SMILES string of the molecule is Nc1cncc([N+](=O)[O-])c1F. The Labute approximate surface area is 60.8 Å². The van der Waals surface area contributed by atoms with E-state index < -0.39 is 16.4 Å². The Morgan fingerprint density at radius 3 is 2.73 bits per heavy atom. The standard InChI is InChI=1S/C5H4FN3O2/c6-5-3(7)1-8-2-4(5)9(10)11/h1-2H,7H2. The van der Waals surface area contributed by atoms with Crippen LogP contribution in [0.2, 0.25) is 0 Å². The molecule has 1 aromatic heterocycles. The zero-order valence-electron chi connectivity index (χ0n) is 5.32. The van der Waals surface area contributed by atoms with Crippen molar-refractivity contribution in [3.63, 3.8) is 0 Å². The van der Waals surface area contributed by atoms with Crippen LogP contribution in [-0.2, 0) is 0 Å². The highest BCUT2D eigenvalue weighted by Crippen LogP contribution is 2.19. The van der Waals surface area contributed by atoms with Crippen LogP contribution in [0.4, 0.5) is 15.8 Å². The summed E-state index contributed by atoms with van der Waals surface area (Å²) in [5.74, 6) is -1.04. The van der Waals surface area contributed by atoms with E-state index in [0.717, 1.165) is 12.4 Å². The van der Waals surface area contributed by atoms with Crippen LogP contribution in [0.1, 0.15) is 0 Å². The lowest BCUT2D eigenvalue weighted by atomic mass is 10.4. The van der Waals surface area contributed by atoms with Crippen LogP contribution in [0.5, 0.6) is 0 Å². The molecule has 0 aliphatic heterocycles. The van der Waals surface area contributed by atoms with Crippen molar-refractivity contribution in [2.75, 3.05) is 5.73 Å². The maximum Gasteiger partial charge on any atom is 0.325 e. The first-order valence-electron chi connectivity index (χ1n) is 2.66. The zero-order chi connectivity index (χ0) is 8.43. The quantitative estimate of drug-likeness (QED) is 0.480. The van der Waals surface area contributed by atoms with Crippen LogP contribution in [0.15, 0.2) is 12.4 Å². The highest BCUT2D eigenvalue weighted by atomic mass is 19.1. The topological polar surface area (TPSA) is 82.0 Å². The summed E-state index contributed by atoms with van der Waals surface area (Å²) in [6.45, 7) is 0. The van der Waals surface area contributed by atoms with Gasteiger partial charge in [-0.2, -0.15) is 4.39 Å². The molecule has 1 rings (SSSR count). The van der Waals surface area contributed by atoms with Gasteiger partial charge in [-0.1, -0.05) is 0 Å². The van der Waals surface area contributed by atoms with Crippen molar-refractivity contribution in [3.05, 3.63) is 28.3 Å². The third-order valence-corrected chi connectivity index (χ3v) is 1.09. The van der Waals surface area contributed by atoms with E-state index in [0.29, 0.717) is 0 Å². The monoisotopic (exact) mass is 157 g/mol. The van der Waals surface area contributed by atoms with E-state index in [-0.39, 0.29) is 5.69 Å². The summed E-state index contributed by atoms with van der Waals surface area (Å²) in [7, 11) is 0. The van der Waals surface area contributed by atoms with E-state index in [1.807, 2.05) is 0 Å². The number of pyridine rings is 1. The van der Waals surface area contributed by atoms with Gasteiger partial charge in [-0.15, -0.1) is 0 Å². The largest absolute Gasteiger partial charge is 0.395 e. The van der Waals surface area contributed by atoms with Gasteiger partial charge in [-0.05, 0) is 0 Å². The molecule has 0 aliphatic rings. The molecule has 0 amide bonds. The lowest BCUT2D eigenvalue weighted by Crippen LogP contribution is -1.98. The molecule has 0 saturated heterocycles. The first-order chi connectivity index (χ1) is 5.13. The molecule has 2 N–H and O–H groups in total. The van der Waals surface area contributed by atoms with E-state index in [4.69, 9.17) is 5.73 Å². The molecule has 0 aromatic carbocycles. The Bertz CT molecular complexity index is 302. The van der Waals surface area contributed by atoms with Crippen molar-refractivity contribution in [1.82, 2.24) is 4.98 Å². The van der Waals surface area contributed by atoms with Gasteiger partial charge in [-0.3, -0.25) is 15.1 Å². The van der Waals surface area contributed by atoms with Gasteiger partial charge in [0, 0.05) is 0 Å². The summed E-state index contributed by atoms with van der Waals surface area (Å²) in [5.41, 5.74) is 3.99. The number of rotatable bonds is 1. The molecule has 0 saturated carbocycles. The molecule has 0 atom stereocenters. The third kappa shape index (κ3) is 1.23. The number of hydrogen-bond donors (Lipinski definition) is 1. The van der Waals surface area contributed by atoms with Gasteiger partial charge in [0.25, 0.3) is 0 Å². The summed E-state index contributed by atoms with van der Waals surface area (Å²) in [6.07, 6.45) is 1.83. The van der Waals surface area contributed by atoms with Gasteiger partial charge in [-0.25, -0.2) is 0 Å². The Balaban J connectivity index is 3.27. The number of halogens is 1. The number of hydrogen-bond acceptors (Lipinski definition) is 4. The number of anilines is 1. The first-order valence-corrected chi connectivity index (χ1v) is 2.66. The lowest BCUT2D eigenvalue weighted by molar-refractivity contribution is -0.387. The normalized spacial score (nSPS) is 9.55. The summed E-state index contributed by atoms with van der Waals surface area (Å²) in [4.78, 5) is 12.5. The number of nitro groups is 1. The Morgan fingerprint density at radius 1 is 1.64 bits per heavy atom. The highest BCUT2D eigenvalue weighted by molar-refractivity contribution is 5.45. The number of nitrogen functional groups attached to an aromatic ring is 1. The smallest absolute Gasteiger partial charge is 0.325 e. The fourth-order valence-corrected chi connectivity index (χ4v) is 0.577. The molecule has 1 aromatic rings. The lowest BCUT2D eigenvalue weighted by Gasteiger charge is -1.94. The zero-order valence-corrected chi connectivity index (χ0v) is 5.32. The Kier molecular flexibility index (Phi) is 1.67. The van der Waals surface area contributed by atoms with Crippen LogP contribution < -0.4 is 5.73 Å². The molecule has 0 aliphatic carbocycles. The second-order valence-corrected chi connectivity index (χ2v) is 1.82. The van der Waals surface area contributed by atoms with Crippen molar-refractivity contribution in [2.45, 2.75) is 0 Å². The predicted molar refractivity (Wildman–Crippen MR) is 35.3 cm³/mol. The van der Waals surface area contributed by atoms with Crippen molar-refractivity contribution in [3.8, 4) is 0 Å². The van der Waals surface area contributed by atoms with Crippen molar-refractivity contribution >= 4 is 11.4 Å². The van der Waals surface area contributed by atoms with Crippen LogP contribution >= 0.6 is 0 Å². The number of nitrogens with zero attached hydrogens (tertiary/aromatic N) is 2. The Morgan fingerprint density at radius 2 is 2.27 bits per heavy atom. The molecule has 0 bridgehead atoms. The number of nitrogens with two attached hydrogens (primary N) is 1. The van der Waals surface area contributed by atoms with Gasteiger partial charge in [0.1, 0.15) is 6.20 Å². The molecule has 0 radical (unpaired) electrons. The molecule has 11 heavy (non-hydrogen) atoms. The molecular weight excluding hydrogens is 153 g/mol. The average Bonchev–Trinajstić information content (AvgIpc) is 1.94. The molecule has 1 heterocycles. The molecular formula is C5H4FN3O2. The fraction of sp³-hybridized carbons (Fsp3) is 0. The van der Waals surface area contributed by atoms with Gasteiger partial charge in [0.05, 0.1) is 16.8 Å². The van der Waals surface area contributed by atoms with Crippen molar-refractivity contribution in [2.24, 2.45) is 0 Å². The molecule has 0 spiro atoms. The second-order valence-electron chi connectivity index (χ2n) is 1.82. The minimum absolute atomic E-state index is 0.320. The van der Waals surface area contributed by atoms with Crippen LogP contribution in [0.3, 0.4) is 0 Å². The van der Waals surface area contributed by atoms with Crippen LogP contribution in [0, 0.1) is 15.9 Å². The van der Waals surface area contributed by atoms with Crippen molar-refractivity contribution in [1.29, 1.82) is 0 Å². The van der Waals surface area contributed by atoms with Gasteiger partial charge < -0.3 is 5.73 Å². The van der Waals surface area contributed by atoms with E-state index in [9.17, 15) is 14.5 Å². The molecule has 6 heteroatoms. The highest BCUT2D eigenvalue weighted by Gasteiger charge is 2.15. The predicted octanol–water partition coefficient (Wildman–Crippen LogP) is 0.711. The van der Waals surface area contributed by atoms with E-state index in [1.54, 1.807) is 0 Å². The molecule has 58 valence electrons. The van der Waals surface area contributed by atoms with E-state index in [1.165, 1.54) is 0 Å². The maximum absolute atomic E-state index is 12.6. The molecule has 5 nitrogen and oxygen atoms in total. The van der Waals surface area contributed by atoms with Crippen LogP contribution in [0.25, 0.3) is 0 Å². The Hall–Kier alpha value is -1.72.